The fourth-order valence-electron chi connectivity index (χ4n) is 2.53. The Morgan fingerprint density at radius 2 is 1.78 bits per heavy atom. The summed E-state index contributed by atoms with van der Waals surface area (Å²) in [7, 11) is 0. The third kappa shape index (κ3) is 4.82. The highest BCUT2D eigenvalue weighted by molar-refractivity contribution is 6.02. The lowest BCUT2D eigenvalue weighted by molar-refractivity contribution is 0.102. The summed E-state index contributed by atoms with van der Waals surface area (Å²) >= 11 is 0. The third-order valence-electron chi connectivity index (χ3n) is 4.17. The highest BCUT2D eigenvalue weighted by Gasteiger charge is 2.21. The molecule has 3 aromatic rings. The van der Waals surface area contributed by atoms with E-state index in [0.29, 0.717) is 24.2 Å². The van der Waals surface area contributed by atoms with Gasteiger partial charge in [0.25, 0.3) is 5.91 Å². The van der Waals surface area contributed by atoms with Crippen LogP contribution in [0.5, 0.6) is 5.75 Å². The van der Waals surface area contributed by atoms with E-state index in [0.717, 1.165) is 24.2 Å². The Kier molecular flexibility index (Phi) is 4.96. The predicted molar refractivity (Wildman–Crippen MR) is 104 cm³/mol. The SMILES string of the molecule is O=C(Nc1ccc(OCc2ccccc2)cc1)c1cnc(NC2CC2)cn1. The van der Waals surface area contributed by atoms with Gasteiger partial charge in [-0.05, 0) is 42.7 Å². The van der Waals surface area contributed by atoms with Crippen molar-refractivity contribution < 1.29 is 9.53 Å². The minimum absolute atomic E-state index is 0.278. The molecule has 4 rings (SSSR count). The first-order valence-electron chi connectivity index (χ1n) is 8.93. The fraction of sp³-hybridized carbons (Fsp3) is 0.190. The Morgan fingerprint density at radius 3 is 2.44 bits per heavy atom. The molecule has 6 heteroatoms. The van der Waals surface area contributed by atoms with E-state index < -0.39 is 0 Å². The van der Waals surface area contributed by atoms with Gasteiger partial charge in [-0.25, -0.2) is 9.97 Å². The van der Waals surface area contributed by atoms with Crippen LogP contribution < -0.4 is 15.4 Å². The van der Waals surface area contributed by atoms with Gasteiger partial charge in [-0.2, -0.15) is 0 Å². The van der Waals surface area contributed by atoms with Crippen LogP contribution in [0.1, 0.15) is 28.9 Å². The number of aromatic nitrogens is 2. The van der Waals surface area contributed by atoms with E-state index in [4.69, 9.17) is 4.74 Å². The van der Waals surface area contributed by atoms with E-state index in [1.165, 1.54) is 6.20 Å². The molecule has 0 bridgehead atoms. The molecule has 0 unspecified atom stereocenters. The molecule has 1 amide bonds. The van der Waals surface area contributed by atoms with E-state index in [2.05, 4.69) is 20.6 Å². The summed E-state index contributed by atoms with van der Waals surface area (Å²) in [6.45, 7) is 0.503. The number of carbonyl (C=O) groups excluding carboxylic acids is 1. The zero-order valence-electron chi connectivity index (χ0n) is 14.8. The quantitative estimate of drug-likeness (QED) is 0.669. The summed E-state index contributed by atoms with van der Waals surface area (Å²) in [5.74, 6) is 1.15. The molecule has 6 nitrogen and oxygen atoms in total. The number of amides is 1. The first kappa shape index (κ1) is 17.0. The van der Waals surface area contributed by atoms with Gasteiger partial charge in [0.05, 0.1) is 12.4 Å². The molecule has 0 aliphatic heterocycles. The van der Waals surface area contributed by atoms with Gasteiger partial charge in [0, 0.05) is 11.7 Å². The largest absolute Gasteiger partial charge is 0.489 e. The molecule has 2 N–H and O–H groups in total. The average molecular weight is 360 g/mol. The molecular formula is C21H20N4O2. The van der Waals surface area contributed by atoms with Gasteiger partial charge >= 0.3 is 0 Å². The van der Waals surface area contributed by atoms with E-state index in [-0.39, 0.29) is 11.6 Å². The van der Waals surface area contributed by atoms with Crippen LogP contribution in [-0.4, -0.2) is 21.9 Å². The van der Waals surface area contributed by atoms with Crippen LogP contribution >= 0.6 is 0 Å². The van der Waals surface area contributed by atoms with Crippen LogP contribution in [0.2, 0.25) is 0 Å². The van der Waals surface area contributed by atoms with Crippen molar-refractivity contribution in [2.45, 2.75) is 25.5 Å². The minimum Gasteiger partial charge on any atom is -0.489 e. The number of hydrogen-bond donors (Lipinski definition) is 2. The second kappa shape index (κ2) is 7.86. The topological polar surface area (TPSA) is 76.1 Å². The molecule has 0 spiro atoms. The number of nitrogens with one attached hydrogen (secondary N) is 2. The van der Waals surface area contributed by atoms with Crippen LogP contribution in [-0.2, 0) is 6.61 Å². The van der Waals surface area contributed by atoms with Gasteiger partial charge in [-0.1, -0.05) is 30.3 Å². The van der Waals surface area contributed by atoms with E-state index in [1.54, 1.807) is 18.3 Å². The monoisotopic (exact) mass is 360 g/mol. The van der Waals surface area contributed by atoms with Crippen molar-refractivity contribution in [1.82, 2.24) is 9.97 Å². The highest BCUT2D eigenvalue weighted by atomic mass is 16.5. The first-order valence-corrected chi connectivity index (χ1v) is 8.93. The Bertz CT molecular complexity index is 892. The Balaban J connectivity index is 1.31. The summed E-state index contributed by atoms with van der Waals surface area (Å²) in [6.07, 6.45) is 5.40. The molecular weight excluding hydrogens is 340 g/mol. The molecule has 1 aromatic heterocycles. The second-order valence-electron chi connectivity index (χ2n) is 6.46. The Labute approximate surface area is 157 Å². The number of anilines is 2. The lowest BCUT2D eigenvalue weighted by Gasteiger charge is -2.09. The van der Waals surface area contributed by atoms with Gasteiger partial charge in [-0.15, -0.1) is 0 Å². The maximum atomic E-state index is 12.3. The van der Waals surface area contributed by atoms with Crippen molar-refractivity contribution in [2.24, 2.45) is 0 Å². The van der Waals surface area contributed by atoms with Crippen LogP contribution in [0.3, 0.4) is 0 Å². The molecule has 1 aliphatic carbocycles. The smallest absolute Gasteiger partial charge is 0.275 e. The second-order valence-corrected chi connectivity index (χ2v) is 6.46. The van der Waals surface area contributed by atoms with E-state index in [1.807, 2.05) is 42.5 Å². The van der Waals surface area contributed by atoms with Crippen molar-refractivity contribution in [1.29, 1.82) is 0 Å². The van der Waals surface area contributed by atoms with Crippen molar-refractivity contribution in [3.63, 3.8) is 0 Å². The van der Waals surface area contributed by atoms with Crippen molar-refractivity contribution in [2.75, 3.05) is 10.6 Å². The molecule has 1 saturated carbocycles. The maximum absolute atomic E-state index is 12.3. The van der Waals surface area contributed by atoms with Crippen molar-refractivity contribution in [3.8, 4) is 5.75 Å². The number of carbonyl (C=O) groups is 1. The molecule has 136 valence electrons. The number of hydrogen-bond acceptors (Lipinski definition) is 5. The minimum atomic E-state index is -0.293. The molecule has 1 aliphatic rings. The number of nitrogens with zero attached hydrogens (tertiary/aromatic N) is 2. The summed E-state index contributed by atoms with van der Waals surface area (Å²) in [4.78, 5) is 20.7. The molecule has 27 heavy (non-hydrogen) atoms. The predicted octanol–water partition coefficient (Wildman–Crippen LogP) is 3.88. The molecule has 1 heterocycles. The average Bonchev–Trinajstić information content (AvgIpc) is 3.53. The van der Waals surface area contributed by atoms with Crippen LogP contribution in [0.25, 0.3) is 0 Å². The highest BCUT2D eigenvalue weighted by Crippen LogP contribution is 2.23. The summed E-state index contributed by atoms with van der Waals surface area (Å²) < 4.78 is 5.74. The summed E-state index contributed by atoms with van der Waals surface area (Å²) in [6, 6.07) is 17.7. The zero-order chi connectivity index (χ0) is 18.5. The van der Waals surface area contributed by atoms with Gasteiger partial charge < -0.3 is 15.4 Å². The molecule has 1 fully saturated rings. The van der Waals surface area contributed by atoms with E-state index in [9.17, 15) is 4.79 Å². The maximum Gasteiger partial charge on any atom is 0.275 e. The first-order chi connectivity index (χ1) is 13.3. The van der Waals surface area contributed by atoms with Crippen LogP contribution in [0.15, 0.2) is 67.0 Å². The Morgan fingerprint density at radius 1 is 1.00 bits per heavy atom. The van der Waals surface area contributed by atoms with Crippen LogP contribution in [0, 0.1) is 0 Å². The van der Waals surface area contributed by atoms with E-state index >= 15 is 0 Å². The van der Waals surface area contributed by atoms with Gasteiger partial charge in [-0.3, -0.25) is 4.79 Å². The van der Waals surface area contributed by atoms with Crippen molar-refractivity contribution in [3.05, 3.63) is 78.2 Å². The van der Waals surface area contributed by atoms with Crippen molar-refractivity contribution >= 4 is 17.4 Å². The van der Waals surface area contributed by atoms with Gasteiger partial charge in [0.15, 0.2) is 0 Å². The number of rotatable bonds is 7. The lowest BCUT2D eigenvalue weighted by atomic mass is 10.2. The molecule has 0 atom stereocenters. The van der Waals surface area contributed by atoms with Gasteiger partial charge in [0.2, 0.25) is 0 Å². The third-order valence-corrected chi connectivity index (χ3v) is 4.17. The fourth-order valence-corrected chi connectivity index (χ4v) is 2.53. The number of ether oxygens (including phenoxy) is 1. The van der Waals surface area contributed by atoms with Crippen LogP contribution in [0.4, 0.5) is 11.5 Å². The zero-order valence-corrected chi connectivity index (χ0v) is 14.8. The molecule has 0 saturated heterocycles. The molecule has 0 radical (unpaired) electrons. The molecule has 2 aromatic carbocycles. The Hall–Kier alpha value is -3.41. The number of benzene rings is 2. The van der Waals surface area contributed by atoms with Gasteiger partial charge in [0.1, 0.15) is 23.9 Å². The summed E-state index contributed by atoms with van der Waals surface area (Å²) in [5, 5.41) is 6.06. The standard InChI is InChI=1S/C21H20N4O2/c26-21(19-12-23-20(13-22-19)24-16-6-7-16)25-17-8-10-18(11-9-17)27-14-15-4-2-1-3-5-15/h1-5,8-13,16H,6-7,14H2,(H,23,24)(H,25,26). The lowest BCUT2D eigenvalue weighted by Crippen LogP contribution is -2.14. The normalized spacial score (nSPS) is 13.0. The summed E-state index contributed by atoms with van der Waals surface area (Å²) in [5.41, 5.74) is 2.06.